The highest BCUT2D eigenvalue weighted by Crippen LogP contribution is 2.17. The first-order chi connectivity index (χ1) is 7.54. The Morgan fingerprint density at radius 2 is 2.12 bits per heavy atom. The van der Waals surface area contributed by atoms with Crippen molar-refractivity contribution in [3.05, 3.63) is 34.9 Å². The fourth-order valence-electron chi connectivity index (χ4n) is 1.40. The van der Waals surface area contributed by atoms with Gasteiger partial charge in [0.2, 0.25) is 0 Å². The van der Waals surface area contributed by atoms with Gasteiger partial charge in [-0.05, 0) is 49.7 Å². The van der Waals surface area contributed by atoms with Crippen molar-refractivity contribution in [3.63, 3.8) is 0 Å². The predicted molar refractivity (Wildman–Crippen MR) is 68.0 cm³/mol. The molecule has 0 amide bonds. The van der Waals surface area contributed by atoms with Gasteiger partial charge in [0.25, 0.3) is 0 Å². The molecular formula is C13H18N2O. The molecule has 0 atom stereocenters. The van der Waals surface area contributed by atoms with Crippen molar-refractivity contribution in [1.29, 1.82) is 0 Å². The van der Waals surface area contributed by atoms with Gasteiger partial charge in [-0.25, -0.2) is 0 Å². The van der Waals surface area contributed by atoms with Crippen LogP contribution < -0.4 is 11.1 Å². The molecule has 3 heteroatoms. The summed E-state index contributed by atoms with van der Waals surface area (Å²) < 4.78 is 0. The second-order valence-corrected chi connectivity index (χ2v) is 3.88. The fraction of sp³-hybridized carbons (Fsp3) is 0.308. The van der Waals surface area contributed by atoms with Crippen LogP contribution in [-0.2, 0) is 11.3 Å². The minimum atomic E-state index is 0.0682. The van der Waals surface area contributed by atoms with Crippen LogP contribution in [0.5, 0.6) is 0 Å². The lowest BCUT2D eigenvalue weighted by Crippen LogP contribution is -2.05. The van der Waals surface area contributed by atoms with Gasteiger partial charge in [0, 0.05) is 12.2 Å². The number of hydrogen-bond acceptors (Lipinski definition) is 3. The van der Waals surface area contributed by atoms with Gasteiger partial charge in [-0.2, -0.15) is 0 Å². The maximum Gasteiger partial charge on any atom is 0.155 e. The molecule has 16 heavy (non-hydrogen) atoms. The van der Waals surface area contributed by atoms with Crippen LogP contribution in [0.25, 0.3) is 6.08 Å². The first-order valence-corrected chi connectivity index (χ1v) is 5.27. The molecule has 0 radical (unpaired) electrons. The highest BCUT2D eigenvalue weighted by atomic mass is 16.1. The maximum atomic E-state index is 11.1. The van der Waals surface area contributed by atoms with Crippen LogP contribution in [0.2, 0.25) is 0 Å². The lowest BCUT2D eigenvalue weighted by atomic mass is 10.1. The summed E-state index contributed by atoms with van der Waals surface area (Å²) in [5.74, 6) is 0.0682. The number of Topliss-reactive ketones (excluding diaryl/α,β-unsaturated/α-hetero) is 1. The van der Waals surface area contributed by atoms with Crippen LogP contribution in [-0.4, -0.2) is 12.8 Å². The summed E-state index contributed by atoms with van der Waals surface area (Å²) in [6, 6.07) is 5.87. The molecule has 3 N–H and O–H groups in total. The summed E-state index contributed by atoms with van der Waals surface area (Å²) in [7, 11) is 1.89. The molecule has 86 valence electrons. The van der Waals surface area contributed by atoms with E-state index in [4.69, 9.17) is 5.73 Å². The van der Waals surface area contributed by atoms with Gasteiger partial charge in [-0.3, -0.25) is 4.79 Å². The van der Waals surface area contributed by atoms with Crippen LogP contribution >= 0.6 is 0 Å². The number of carbonyl (C=O) groups excluding carboxylic acids is 1. The highest BCUT2D eigenvalue weighted by molar-refractivity contribution is 5.97. The third kappa shape index (κ3) is 3.21. The quantitative estimate of drug-likeness (QED) is 0.600. The summed E-state index contributed by atoms with van der Waals surface area (Å²) in [5, 5.41) is 3.06. The number of benzene rings is 1. The molecule has 0 aliphatic carbocycles. The lowest BCUT2D eigenvalue weighted by Gasteiger charge is -2.05. The van der Waals surface area contributed by atoms with Crippen molar-refractivity contribution in [3.8, 4) is 0 Å². The van der Waals surface area contributed by atoms with Crippen molar-refractivity contribution in [2.45, 2.75) is 20.4 Å². The SMILES string of the molecule is CNCc1ccc(/C=C(\C)C(C)=O)c(N)c1. The zero-order chi connectivity index (χ0) is 12.1. The van der Waals surface area contributed by atoms with Crippen LogP contribution in [0.15, 0.2) is 23.8 Å². The average Bonchev–Trinajstić information content (AvgIpc) is 2.22. The topological polar surface area (TPSA) is 55.1 Å². The zero-order valence-electron chi connectivity index (χ0n) is 10.0. The molecular weight excluding hydrogens is 200 g/mol. The van der Waals surface area contributed by atoms with E-state index in [0.717, 1.165) is 17.7 Å². The number of nitrogens with two attached hydrogens (primary N) is 1. The Hall–Kier alpha value is -1.61. The minimum Gasteiger partial charge on any atom is -0.398 e. The molecule has 0 heterocycles. The standard InChI is InChI=1S/C13H18N2O/c1-9(10(2)16)6-12-5-4-11(8-15-3)7-13(12)14/h4-7,15H,8,14H2,1-3H3/b9-6+. The lowest BCUT2D eigenvalue weighted by molar-refractivity contribution is -0.113. The number of hydrogen-bond donors (Lipinski definition) is 2. The second kappa shape index (κ2) is 5.47. The Labute approximate surface area is 96.3 Å². The number of allylic oxidation sites excluding steroid dienone is 1. The van der Waals surface area contributed by atoms with Crippen molar-refractivity contribution in [2.75, 3.05) is 12.8 Å². The van der Waals surface area contributed by atoms with E-state index >= 15 is 0 Å². The van der Waals surface area contributed by atoms with Gasteiger partial charge in [0.15, 0.2) is 5.78 Å². The number of rotatable bonds is 4. The number of nitrogen functional groups attached to an aromatic ring is 1. The third-order valence-corrected chi connectivity index (χ3v) is 2.46. The largest absolute Gasteiger partial charge is 0.398 e. The van der Waals surface area contributed by atoms with Crippen molar-refractivity contribution in [2.24, 2.45) is 0 Å². The van der Waals surface area contributed by atoms with Crippen molar-refractivity contribution < 1.29 is 4.79 Å². The molecule has 0 saturated heterocycles. The number of anilines is 1. The van der Waals surface area contributed by atoms with Crippen LogP contribution in [0.1, 0.15) is 25.0 Å². The molecule has 1 aromatic rings. The van der Waals surface area contributed by atoms with E-state index < -0.39 is 0 Å². The highest BCUT2D eigenvalue weighted by Gasteiger charge is 2.01. The van der Waals surface area contributed by atoms with E-state index in [9.17, 15) is 4.79 Å². The molecule has 3 nitrogen and oxygen atoms in total. The van der Waals surface area contributed by atoms with Gasteiger partial charge in [0.05, 0.1) is 0 Å². The molecule has 0 unspecified atom stereocenters. The Morgan fingerprint density at radius 3 is 2.62 bits per heavy atom. The fourth-order valence-corrected chi connectivity index (χ4v) is 1.40. The van der Waals surface area contributed by atoms with Gasteiger partial charge in [0.1, 0.15) is 0 Å². The van der Waals surface area contributed by atoms with Crippen LogP contribution in [0.4, 0.5) is 5.69 Å². The van der Waals surface area contributed by atoms with E-state index in [1.165, 1.54) is 0 Å². The average molecular weight is 218 g/mol. The maximum absolute atomic E-state index is 11.1. The Kier molecular flexibility index (Phi) is 4.26. The molecule has 0 spiro atoms. The smallest absolute Gasteiger partial charge is 0.155 e. The summed E-state index contributed by atoms with van der Waals surface area (Å²) in [5.41, 5.74) is 9.37. The van der Waals surface area contributed by atoms with Gasteiger partial charge in [-0.15, -0.1) is 0 Å². The van der Waals surface area contributed by atoms with Gasteiger partial charge in [-0.1, -0.05) is 12.1 Å². The third-order valence-electron chi connectivity index (χ3n) is 2.46. The van der Waals surface area contributed by atoms with Crippen molar-refractivity contribution in [1.82, 2.24) is 5.32 Å². The first kappa shape index (κ1) is 12.5. The number of nitrogens with one attached hydrogen (secondary N) is 1. The number of carbonyl (C=O) groups is 1. The Balaban J connectivity index is 2.99. The Morgan fingerprint density at radius 1 is 1.44 bits per heavy atom. The minimum absolute atomic E-state index is 0.0682. The molecule has 1 aromatic carbocycles. The van der Waals surface area contributed by atoms with Crippen LogP contribution in [0.3, 0.4) is 0 Å². The summed E-state index contributed by atoms with van der Waals surface area (Å²) in [4.78, 5) is 11.1. The summed E-state index contributed by atoms with van der Waals surface area (Å²) in [6.07, 6.45) is 1.82. The van der Waals surface area contributed by atoms with E-state index in [1.807, 2.05) is 31.3 Å². The molecule has 0 aliphatic rings. The van der Waals surface area contributed by atoms with Crippen LogP contribution in [0, 0.1) is 0 Å². The van der Waals surface area contributed by atoms with E-state index in [0.29, 0.717) is 11.3 Å². The zero-order valence-corrected chi connectivity index (χ0v) is 10.0. The molecule has 0 saturated carbocycles. The monoisotopic (exact) mass is 218 g/mol. The van der Waals surface area contributed by atoms with Gasteiger partial charge >= 0.3 is 0 Å². The molecule has 0 bridgehead atoms. The van der Waals surface area contributed by atoms with E-state index in [2.05, 4.69) is 5.32 Å². The van der Waals surface area contributed by atoms with Gasteiger partial charge < -0.3 is 11.1 Å². The van der Waals surface area contributed by atoms with E-state index in [-0.39, 0.29) is 5.78 Å². The van der Waals surface area contributed by atoms with Crippen molar-refractivity contribution >= 4 is 17.5 Å². The summed E-state index contributed by atoms with van der Waals surface area (Å²) >= 11 is 0. The molecule has 0 aliphatic heterocycles. The first-order valence-electron chi connectivity index (χ1n) is 5.27. The predicted octanol–water partition coefficient (Wildman–Crippen LogP) is 1.98. The normalized spacial score (nSPS) is 11.6. The Bertz CT molecular complexity index is 422. The molecule has 1 rings (SSSR count). The molecule has 0 aromatic heterocycles. The summed E-state index contributed by atoms with van der Waals surface area (Å²) in [6.45, 7) is 4.14. The molecule has 0 fully saturated rings. The van der Waals surface area contributed by atoms with E-state index in [1.54, 1.807) is 13.8 Å². The number of ketones is 1. The second-order valence-electron chi connectivity index (χ2n) is 3.88.